The van der Waals surface area contributed by atoms with Crippen LogP contribution in [0.25, 0.3) is 0 Å². The highest BCUT2D eigenvalue weighted by Gasteiger charge is 2.03. The van der Waals surface area contributed by atoms with Crippen LogP contribution in [0, 0.1) is 11.3 Å². The molecule has 1 aromatic rings. The maximum Gasteiger partial charge on any atom is 0.251 e. The molecule has 0 aromatic heterocycles. The Bertz CT molecular complexity index is 409. The summed E-state index contributed by atoms with van der Waals surface area (Å²) in [5.41, 5.74) is 1.11. The second kappa shape index (κ2) is 8.23. The molecule has 0 heterocycles. The summed E-state index contributed by atoms with van der Waals surface area (Å²) >= 11 is 0. The largest absolute Gasteiger partial charge is 0.383 e. The smallest absolute Gasteiger partial charge is 0.251 e. The van der Waals surface area contributed by atoms with E-state index in [2.05, 4.69) is 10.6 Å². The van der Waals surface area contributed by atoms with Crippen molar-refractivity contribution in [1.29, 1.82) is 5.26 Å². The lowest BCUT2D eigenvalue weighted by Gasteiger charge is -2.06. The number of hydrogen-bond acceptors (Lipinski definition) is 4. The van der Waals surface area contributed by atoms with E-state index in [0.717, 1.165) is 6.54 Å². The fourth-order valence-electron chi connectivity index (χ4n) is 1.36. The lowest BCUT2D eigenvalue weighted by molar-refractivity contribution is 0.0953. The van der Waals surface area contributed by atoms with Gasteiger partial charge in [0.1, 0.15) is 0 Å². The van der Waals surface area contributed by atoms with Crippen LogP contribution < -0.4 is 10.6 Å². The summed E-state index contributed by atoms with van der Waals surface area (Å²) in [6.45, 7) is 2.68. The number of nitriles is 1. The molecule has 0 saturated carbocycles. The van der Waals surface area contributed by atoms with Gasteiger partial charge in [-0.2, -0.15) is 5.26 Å². The van der Waals surface area contributed by atoms with E-state index >= 15 is 0 Å². The number of benzene rings is 1. The van der Waals surface area contributed by atoms with Gasteiger partial charge in [-0.3, -0.25) is 4.79 Å². The van der Waals surface area contributed by atoms with E-state index in [9.17, 15) is 4.79 Å². The fourth-order valence-corrected chi connectivity index (χ4v) is 1.36. The summed E-state index contributed by atoms with van der Waals surface area (Å²) in [7, 11) is 1.65. The van der Waals surface area contributed by atoms with Gasteiger partial charge in [0, 0.05) is 32.3 Å². The van der Waals surface area contributed by atoms with Gasteiger partial charge in [-0.15, -0.1) is 0 Å². The highest BCUT2D eigenvalue weighted by atomic mass is 16.5. The quantitative estimate of drug-likeness (QED) is 0.689. The Kier molecular flexibility index (Phi) is 6.47. The van der Waals surface area contributed by atoms with Crippen molar-refractivity contribution in [3.8, 4) is 6.07 Å². The molecule has 0 aliphatic rings. The van der Waals surface area contributed by atoms with Gasteiger partial charge in [-0.1, -0.05) is 0 Å². The number of amides is 1. The average Bonchev–Trinajstić information content (AvgIpc) is 2.42. The van der Waals surface area contributed by atoms with E-state index in [1.807, 2.05) is 6.07 Å². The van der Waals surface area contributed by atoms with Crippen molar-refractivity contribution in [3.05, 3.63) is 35.4 Å². The zero-order chi connectivity index (χ0) is 13.2. The summed E-state index contributed by atoms with van der Waals surface area (Å²) in [5, 5.41) is 14.6. The predicted octanol–water partition coefficient (Wildman–Crippen LogP) is 0.524. The minimum absolute atomic E-state index is 0.131. The molecule has 0 saturated heterocycles. The van der Waals surface area contributed by atoms with Gasteiger partial charge in [0.15, 0.2) is 0 Å². The SMILES string of the molecule is COCCNCCNC(=O)c1ccc(C#N)cc1. The minimum atomic E-state index is -0.131. The van der Waals surface area contributed by atoms with Crippen molar-refractivity contribution in [2.24, 2.45) is 0 Å². The van der Waals surface area contributed by atoms with Gasteiger partial charge in [-0.05, 0) is 24.3 Å². The summed E-state index contributed by atoms with van der Waals surface area (Å²) in [5.74, 6) is -0.131. The molecule has 2 N–H and O–H groups in total. The zero-order valence-electron chi connectivity index (χ0n) is 10.4. The van der Waals surface area contributed by atoms with Crippen LogP contribution in [0.3, 0.4) is 0 Å². The lowest BCUT2D eigenvalue weighted by atomic mass is 10.1. The predicted molar refractivity (Wildman–Crippen MR) is 68.2 cm³/mol. The Morgan fingerprint density at radius 3 is 2.61 bits per heavy atom. The van der Waals surface area contributed by atoms with Crippen molar-refractivity contribution >= 4 is 5.91 Å². The molecule has 5 heteroatoms. The summed E-state index contributed by atoms with van der Waals surface area (Å²) < 4.78 is 4.88. The van der Waals surface area contributed by atoms with Crippen LogP contribution in [0.4, 0.5) is 0 Å². The molecule has 1 amide bonds. The van der Waals surface area contributed by atoms with E-state index in [-0.39, 0.29) is 5.91 Å². The fraction of sp³-hybridized carbons (Fsp3) is 0.385. The van der Waals surface area contributed by atoms with E-state index in [4.69, 9.17) is 10.00 Å². The number of methoxy groups -OCH3 is 1. The van der Waals surface area contributed by atoms with Crippen LogP contribution in [0.2, 0.25) is 0 Å². The zero-order valence-corrected chi connectivity index (χ0v) is 10.4. The first-order valence-corrected chi connectivity index (χ1v) is 5.76. The van der Waals surface area contributed by atoms with Crippen molar-refractivity contribution in [2.45, 2.75) is 0 Å². The third-order valence-corrected chi connectivity index (χ3v) is 2.35. The molecule has 0 bridgehead atoms. The van der Waals surface area contributed by atoms with E-state index in [0.29, 0.717) is 30.8 Å². The summed E-state index contributed by atoms with van der Waals surface area (Å²) in [6, 6.07) is 8.56. The number of carbonyl (C=O) groups excluding carboxylic acids is 1. The first-order valence-electron chi connectivity index (χ1n) is 5.76. The second-order valence-corrected chi connectivity index (χ2v) is 3.69. The Labute approximate surface area is 107 Å². The van der Waals surface area contributed by atoms with Crippen molar-refractivity contribution in [2.75, 3.05) is 33.4 Å². The summed E-state index contributed by atoms with van der Waals surface area (Å²) in [6.07, 6.45) is 0. The maximum atomic E-state index is 11.7. The molecular weight excluding hydrogens is 230 g/mol. The van der Waals surface area contributed by atoms with Crippen LogP contribution in [-0.4, -0.2) is 39.3 Å². The van der Waals surface area contributed by atoms with Gasteiger partial charge in [0.05, 0.1) is 18.2 Å². The molecule has 0 aliphatic heterocycles. The molecular formula is C13H17N3O2. The van der Waals surface area contributed by atoms with Crippen LogP contribution in [0.5, 0.6) is 0 Å². The summed E-state index contributed by atoms with van der Waals surface area (Å²) in [4.78, 5) is 11.7. The molecule has 96 valence electrons. The number of carbonyl (C=O) groups is 1. The molecule has 5 nitrogen and oxygen atoms in total. The first-order chi connectivity index (χ1) is 8.77. The molecule has 0 fully saturated rings. The maximum absolute atomic E-state index is 11.7. The van der Waals surface area contributed by atoms with E-state index < -0.39 is 0 Å². The lowest BCUT2D eigenvalue weighted by Crippen LogP contribution is -2.33. The van der Waals surface area contributed by atoms with Gasteiger partial charge < -0.3 is 15.4 Å². The first kappa shape index (κ1) is 14.2. The van der Waals surface area contributed by atoms with Crippen LogP contribution in [0.15, 0.2) is 24.3 Å². The molecule has 0 spiro atoms. The van der Waals surface area contributed by atoms with Crippen molar-refractivity contribution in [1.82, 2.24) is 10.6 Å². The average molecular weight is 247 g/mol. The number of ether oxygens (including phenoxy) is 1. The van der Waals surface area contributed by atoms with Crippen LogP contribution >= 0.6 is 0 Å². The second-order valence-electron chi connectivity index (χ2n) is 3.69. The molecule has 1 aromatic carbocycles. The van der Waals surface area contributed by atoms with Gasteiger partial charge in [0.25, 0.3) is 5.91 Å². The normalized spacial score (nSPS) is 9.78. The number of nitrogens with zero attached hydrogens (tertiary/aromatic N) is 1. The standard InChI is InChI=1S/C13H17N3O2/c1-18-9-8-15-6-7-16-13(17)12-4-2-11(10-14)3-5-12/h2-5,15H,6-9H2,1H3,(H,16,17). The van der Waals surface area contributed by atoms with Crippen LogP contribution in [-0.2, 0) is 4.74 Å². The van der Waals surface area contributed by atoms with E-state index in [1.54, 1.807) is 31.4 Å². The Hall–Kier alpha value is -1.90. The van der Waals surface area contributed by atoms with Gasteiger partial charge >= 0.3 is 0 Å². The minimum Gasteiger partial charge on any atom is -0.383 e. The van der Waals surface area contributed by atoms with Gasteiger partial charge in [0.2, 0.25) is 0 Å². The number of hydrogen-bond donors (Lipinski definition) is 2. The van der Waals surface area contributed by atoms with Gasteiger partial charge in [-0.25, -0.2) is 0 Å². The van der Waals surface area contributed by atoms with Crippen molar-refractivity contribution in [3.63, 3.8) is 0 Å². The van der Waals surface area contributed by atoms with Crippen molar-refractivity contribution < 1.29 is 9.53 Å². The molecule has 0 unspecified atom stereocenters. The Morgan fingerprint density at radius 2 is 2.00 bits per heavy atom. The third kappa shape index (κ3) is 4.95. The molecule has 1 rings (SSSR count). The third-order valence-electron chi connectivity index (χ3n) is 2.35. The number of rotatable bonds is 7. The highest BCUT2D eigenvalue weighted by Crippen LogP contribution is 2.02. The Balaban J connectivity index is 2.26. The monoisotopic (exact) mass is 247 g/mol. The number of nitrogens with one attached hydrogen (secondary N) is 2. The van der Waals surface area contributed by atoms with E-state index in [1.165, 1.54) is 0 Å². The highest BCUT2D eigenvalue weighted by molar-refractivity contribution is 5.94. The molecule has 0 atom stereocenters. The van der Waals surface area contributed by atoms with Crippen LogP contribution in [0.1, 0.15) is 15.9 Å². The topological polar surface area (TPSA) is 74.2 Å². The molecule has 0 aliphatic carbocycles. The Morgan fingerprint density at radius 1 is 1.28 bits per heavy atom. The molecule has 18 heavy (non-hydrogen) atoms. The molecule has 0 radical (unpaired) electrons.